The number of hydrogen-bond acceptors (Lipinski definition) is 2. The summed E-state index contributed by atoms with van der Waals surface area (Å²) >= 11 is 0. The highest BCUT2D eigenvalue weighted by Crippen LogP contribution is 2.27. The van der Waals surface area contributed by atoms with E-state index in [1.807, 2.05) is 6.07 Å². The molecule has 0 amide bonds. The number of H-pyrrole nitrogens is 1. The van der Waals surface area contributed by atoms with Gasteiger partial charge >= 0.3 is 0 Å². The molecule has 1 aromatic heterocycles. The highest BCUT2D eigenvalue weighted by atomic mass is 16.1. The Morgan fingerprint density at radius 1 is 1.17 bits per heavy atom. The number of aromatic amines is 1. The van der Waals surface area contributed by atoms with E-state index in [0.717, 1.165) is 23.4 Å². The maximum atomic E-state index is 11.3. The Kier molecular flexibility index (Phi) is 2.92. The van der Waals surface area contributed by atoms with E-state index in [2.05, 4.69) is 35.4 Å². The van der Waals surface area contributed by atoms with Crippen molar-refractivity contribution in [1.29, 1.82) is 0 Å². The zero-order valence-electron chi connectivity index (χ0n) is 10.6. The zero-order chi connectivity index (χ0) is 12.5. The van der Waals surface area contributed by atoms with Crippen molar-refractivity contribution < 1.29 is 0 Å². The summed E-state index contributed by atoms with van der Waals surface area (Å²) in [6.45, 7) is 3.36. The summed E-state index contributed by atoms with van der Waals surface area (Å²) in [5.41, 5.74) is 2.17. The number of benzene rings is 1. The first-order valence-corrected chi connectivity index (χ1v) is 6.59. The van der Waals surface area contributed by atoms with Gasteiger partial charge in [0.05, 0.1) is 0 Å². The standard InChI is InChI=1S/C15H18N2O/c1-10-2-6-13(16-9-10)12-4-3-11-5-7-15(18)17-14(11)8-12/h3-5,7-8,10,13,16H,2,6,9H2,1H3,(H,17,18)/t10-,13+/m0/s1. The molecule has 3 nitrogen and oxygen atoms in total. The van der Waals surface area contributed by atoms with E-state index in [-0.39, 0.29) is 5.56 Å². The first-order chi connectivity index (χ1) is 8.72. The van der Waals surface area contributed by atoms with Crippen LogP contribution < -0.4 is 10.9 Å². The zero-order valence-corrected chi connectivity index (χ0v) is 10.6. The summed E-state index contributed by atoms with van der Waals surface area (Å²) in [7, 11) is 0. The van der Waals surface area contributed by atoms with Crippen molar-refractivity contribution in [2.75, 3.05) is 6.54 Å². The van der Waals surface area contributed by atoms with Gasteiger partial charge in [-0.05, 0) is 48.4 Å². The van der Waals surface area contributed by atoms with Gasteiger partial charge in [-0.15, -0.1) is 0 Å². The Labute approximate surface area is 106 Å². The van der Waals surface area contributed by atoms with E-state index in [0.29, 0.717) is 6.04 Å². The molecular weight excluding hydrogens is 224 g/mol. The lowest BCUT2D eigenvalue weighted by molar-refractivity contribution is 0.333. The first kappa shape index (κ1) is 11.5. The van der Waals surface area contributed by atoms with Crippen LogP contribution in [0.25, 0.3) is 10.9 Å². The predicted octanol–water partition coefficient (Wildman–Crippen LogP) is 2.59. The molecule has 1 aliphatic heterocycles. The molecule has 0 unspecified atom stereocenters. The average molecular weight is 242 g/mol. The number of fused-ring (bicyclic) bond motifs is 1. The Morgan fingerprint density at radius 2 is 2.00 bits per heavy atom. The molecule has 0 spiro atoms. The average Bonchev–Trinajstić information content (AvgIpc) is 2.38. The molecule has 2 heterocycles. The quantitative estimate of drug-likeness (QED) is 0.807. The lowest BCUT2D eigenvalue weighted by Gasteiger charge is -2.28. The molecule has 1 aromatic carbocycles. The second-order valence-electron chi connectivity index (χ2n) is 5.31. The third-order valence-corrected chi connectivity index (χ3v) is 3.81. The van der Waals surface area contributed by atoms with Crippen molar-refractivity contribution in [2.24, 2.45) is 5.92 Å². The van der Waals surface area contributed by atoms with Gasteiger partial charge < -0.3 is 10.3 Å². The van der Waals surface area contributed by atoms with Crippen LogP contribution in [0.3, 0.4) is 0 Å². The highest BCUT2D eigenvalue weighted by Gasteiger charge is 2.18. The van der Waals surface area contributed by atoms with E-state index in [9.17, 15) is 4.79 Å². The van der Waals surface area contributed by atoms with Crippen molar-refractivity contribution >= 4 is 10.9 Å². The fourth-order valence-electron chi connectivity index (χ4n) is 2.67. The lowest BCUT2D eigenvalue weighted by Crippen LogP contribution is -2.31. The second-order valence-corrected chi connectivity index (χ2v) is 5.31. The Morgan fingerprint density at radius 3 is 2.78 bits per heavy atom. The van der Waals surface area contributed by atoms with Gasteiger partial charge in [0.25, 0.3) is 0 Å². The van der Waals surface area contributed by atoms with Crippen LogP contribution in [0.1, 0.15) is 31.4 Å². The molecule has 94 valence electrons. The fourth-order valence-corrected chi connectivity index (χ4v) is 2.67. The normalized spacial score (nSPS) is 24.3. The Hall–Kier alpha value is -1.61. The Balaban J connectivity index is 1.95. The molecule has 0 aliphatic carbocycles. The summed E-state index contributed by atoms with van der Waals surface area (Å²) in [4.78, 5) is 14.2. The van der Waals surface area contributed by atoms with Crippen molar-refractivity contribution in [3.63, 3.8) is 0 Å². The molecule has 1 fully saturated rings. The predicted molar refractivity (Wildman–Crippen MR) is 73.7 cm³/mol. The van der Waals surface area contributed by atoms with Gasteiger partial charge in [0.1, 0.15) is 0 Å². The molecule has 1 saturated heterocycles. The van der Waals surface area contributed by atoms with Crippen molar-refractivity contribution in [3.8, 4) is 0 Å². The lowest BCUT2D eigenvalue weighted by atomic mass is 9.92. The number of piperidine rings is 1. The SMILES string of the molecule is C[C@H]1CC[C@H](c2ccc3ccc(=O)[nH]c3c2)NC1. The van der Waals surface area contributed by atoms with Crippen LogP contribution in [-0.4, -0.2) is 11.5 Å². The fraction of sp³-hybridized carbons (Fsp3) is 0.400. The summed E-state index contributed by atoms with van der Waals surface area (Å²) in [5.74, 6) is 0.765. The monoisotopic (exact) mass is 242 g/mol. The molecule has 0 radical (unpaired) electrons. The summed E-state index contributed by atoms with van der Waals surface area (Å²) in [6.07, 6.45) is 2.44. The number of aromatic nitrogens is 1. The summed E-state index contributed by atoms with van der Waals surface area (Å²) < 4.78 is 0. The minimum atomic E-state index is -0.0372. The van der Waals surface area contributed by atoms with E-state index in [1.54, 1.807) is 6.07 Å². The molecular formula is C15H18N2O. The molecule has 0 saturated carbocycles. The van der Waals surface area contributed by atoms with Crippen LogP contribution in [0.2, 0.25) is 0 Å². The van der Waals surface area contributed by atoms with E-state index in [1.165, 1.54) is 18.4 Å². The minimum absolute atomic E-state index is 0.0372. The van der Waals surface area contributed by atoms with Crippen molar-refractivity contribution in [2.45, 2.75) is 25.8 Å². The molecule has 1 aliphatic rings. The molecule has 2 N–H and O–H groups in total. The summed E-state index contributed by atoms with van der Waals surface area (Å²) in [5, 5.41) is 4.66. The number of hydrogen-bond donors (Lipinski definition) is 2. The number of rotatable bonds is 1. The maximum absolute atomic E-state index is 11.3. The van der Waals surface area contributed by atoms with Crippen LogP contribution in [0, 0.1) is 5.92 Å². The van der Waals surface area contributed by atoms with Gasteiger partial charge in [-0.3, -0.25) is 4.79 Å². The van der Waals surface area contributed by atoms with Gasteiger partial charge in [-0.25, -0.2) is 0 Å². The van der Waals surface area contributed by atoms with E-state index >= 15 is 0 Å². The third kappa shape index (κ3) is 2.18. The highest BCUT2D eigenvalue weighted by molar-refractivity contribution is 5.78. The number of nitrogens with one attached hydrogen (secondary N) is 2. The van der Waals surface area contributed by atoms with Gasteiger partial charge in [0, 0.05) is 17.6 Å². The van der Waals surface area contributed by atoms with E-state index in [4.69, 9.17) is 0 Å². The first-order valence-electron chi connectivity index (χ1n) is 6.59. The van der Waals surface area contributed by atoms with Crippen molar-refractivity contribution in [1.82, 2.24) is 10.3 Å². The molecule has 3 heteroatoms. The van der Waals surface area contributed by atoms with Crippen LogP contribution >= 0.6 is 0 Å². The largest absolute Gasteiger partial charge is 0.322 e. The van der Waals surface area contributed by atoms with Crippen LogP contribution in [0.5, 0.6) is 0 Å². The van der Waals surface area contributed by atoms with Crippen LogP contribution in [-0.2, 0) is 0 Å². The van der Waals surface area contributed by atoms with Gasteiger partial charge in [0.15, 0.2) is 0 Å². The minimum Gasteiger partial charge on any atom is -0.322 e. The smallest absolute Gasteiger partial charge is 0.248 e. The van der Waals surface area contributed by atoms with Crippen LogP contribution in [0.4, 0.5) is 0 Å². The van der Waals surface area contributed by atoms with Gasteiger partial charge in [0.2, 0.25) is 5.56 Å². The molecule has 0 bridgehead atoms. The van der Waals surface area contributed by atoms with Crippen molar-refractivity contribution in [3.05, 3.63) is 46.2 Å². The van der Waals surface area contributed by atoms with Gasteiger partial charge in [-0.1, -0.05) is 19.1 Å². The van der Waals surface area contributed by atoms with Gasteiger partial charge in [-0.2, -0.15) is 0 Å². The molecule has 3 rings (SSSR count). The Bertz CT molecular complexity index is 609. The maximum Gasteiger partial charge on any atom is 0.248 e. The molecule has 18 heavy (non-hydrogen) atoms. The molecule has 2 atom stereocenters. The molecule has 2 aromatic rings. The summed E-state index contributed by atoms with van der Waals surface area (Å²) in [6, 6.07) is 10.2. The third-order valence-electron chi connectivity index (χ3n) is 3.81. The second kappa shape index (κ2) is 4.58. The topological polar surface area (TPSA) is 44.9 Å². The number of pyridine rings is 1. The van der Waals surface area contributed by atoms with Crippen LogP contribution in [0.15, 0.2) is 35.1 Å². The van der Waals surface area contributed by atoms with E-state index < -0.39 is 0 Å².